The summed E-state index contributed by atoms with van der Waals surface area (Å²) in [7, 11) is 0. The highest BCUT2D eigenvalue weighted by atomic mass is 16.1. The van der Waals surface area contributed by atoms with Crippen molar-refractivity contribution < 1.29 is 4.79 Å². The highest BCUT2D eigenvalue weighted by molar-refractivity contribution is 5.64. The van der Waals surface area contributed by atoms with Crippen LogP contribution in [0.15, 0.2) is 0 Å². The fourth-order valence-corrected chi connectivity index (χ4v) is 2.11. The van der Waals surface area contributed by atoms with Crippen LogP contribution < -0.4 is 5.73 Å². The minimum Gasteiger partial charge on any atom is -0.319 e. The lowest BCUT2D eigenvalue weighted by molar-refractivity contribution is -0.114. The molecule has 0 aromatic rings. The first-order valence-corrected chi connectivity index (χ1v) is 4.98. The van der Waals surface area contributed by atoms with Crippen molar-refractivity contribution >= 4 is 6.29 Å². The lowest BCUT2D eigenvalue weighted by Gasteiger charge is -2.34. The van der Waals surface area contributed by atoms with Gasteiger partial charge in [0.25, 0.3) is 0 Å². The molecule has 1 aliphatic carbocycles. The fourth-order valence-electron chi connectivity index (χ4n) is 2.11. The number of nitrogens with two attached hydrogens (primary N) is 1. The number of hydrogen-bond acceptors (Lipinski definition) is 2. The molecule has 1 saturated carbocycles. The predicted octanol–water partition coefficient (Wildman–Crippen LogP) is 1.87. The summed E-state index contributed by atoms with van der Waals surface area (Å²) in [6.07, 6.45) is 7.83. The van der Waals surface area contributed by atoms with Gasteiger partial charge in [-0.15, -0.1) is 0 Å². The zero-order valence-electron chi connectivity index (χ0n) is 7.88. The van der Waals surface area contributed by atoms with Crippen LogP contribution in [0.2, 0.25) is 0 Å². The minimum absolute atomic E-state index is 0.439. The zero-order valence-corrected chi connectivity index (χ0v) is 7.88. The Kier molecular flexibility index (Phi) is 3.27. The van der Waals surface area contributed by atoms with E-state index in [1.807, 2.05) is 6.92 Å². The van der Waals surface area contributed by atoms with Gasteiger partial charge in [0.2, 0.25) is 0 Å². The second-order valence-electron chi connectivity index (χ2n) is 3.92. The molecule has 0 radical (unpaired) electrons. The predicted molar refractivity (Wildman–Crippen MR) is 49.8 cm³/mol. The molecular weight excluding hydrogens is 150 g/mol. The van der Waals surface area contributed by atoms with E-state index in [4.69, 9.17) is 5.73 Å². The van der Waals surface area contributed by atoms with Crippen LogP contribution in [-0.2, 0) is 4.79 Å². The molecule has 2 nitrogen and oxygen atoms in total. The van der Waals surface area contributed by atoms with Crippen LogP contribution in [0, 0.1) is 5.92 Å². The smallest absolute Gasteiger partial charge is 0.140 e. The average Bonchev–Trinajstić information content (AvgIpc) is 2.18. The van der Waals surface area contributed by atoms with Gasteiger partial charge in [-0.3, -0.25) is 0 Å². The number of carbonyl (C=O) groups is 1. The third-order valence-electron chi connectivity index (χ3n) is 3.20. The maximum Gasteiger partial charge on any atom is 0.140 e. The topological polar surface area (TPSA) is 43.1 Å². The summed E-state index contributed by atoms with van der Waals surface area (Å²) in [6.45, 7) is 2.00. The number of rotatable bonds is 3. The Labute approximate surface area is 74.5 Å². The molecule has 0 aromatic carbocycles. The Morgan fingerprint density at radius 2 is 2.00 bits per heavy atom. The third kappa shape index (κ3) is 1.86. The third-order valence-corrected chi connectivity index (χ3v) is 3.20. The van der Waals surface area contributed by atoms with Crippen LogP contribution in [-0.4, -0.2) is 11.8 Å². The Hall–Kier alpha value is -0.370. The van der Waals surface area contributed by atoms with Crippen LogP contribution >= 0.6 is 0 Å². The van der Waals surface area contributed by atoms with E-state index < -0.39 is 5.54 Å². The molecule has 70 valence electrons. The molecule has 1 atom stereocenters. The van der Waals surface area contributed by atoms with Gasteiger partial charge in [-0.05, 0) is 25.2 Å². The van der Waals surface area contributed by atoms with Gasteiger partial charge in [0.15, 0.2) is 0 Å². The molecular formula is C10H19NO. The molecule has 0 bridgehead atoms. The van der Waals surface area contributed by atoms with Gasteiger partial charge in [-0.25, -0.2) is 0 Å². The summed E-state index contributed by atoms with van der Waals surface area (Å²) in [4.78, 5) is 10.8. The van der Waals surface area contributed by atoms with Crippen molar-refractivity contribution in [2.75, 3.05) is 0 Å². The monoisotopic (exact) mass is 169 g/mol. The van der Waals surface area contributed by atoms with Crippen molar-refractivity contribution in [3.8, 4) is 0 Å². The second-order valence-corrected chi connectivity index (χ2v) is 3.92. The molecule has 1 unspecified atom stereocenters. The zero-order chi connectivity index (χ0) is 9.03. The Bertz CT molecular complexity index is 152. The molecule has 0 aromatic heterocycles. The molecule has 2 N–H and O–H groups in total. The van der Waals surface area contributed by atoms with Gasteiger partial charge in [-0.2, -0.15) is 0 Å². The van der Waals surface area contributed by atoms with Gasteiger partial charge in [-0.1, -0.05) is 26.2 Å². The Morgan fingerprint density at radius 1 is 1.42 bits per heavy atom. The van der Waals surface area contributed by atoms with Crippen molar-refractivity contribution in [2.24, 2.45) is 11.7 Å². The van der Waals surface area contributed by atoms with E-state index in [0.29, 0.717) is 5.92 Å². The van der Waals surface area contributed by atoms with Crippen molar-refractivity contribution in [3.63, 3.8) is 0 Å². The Balaban J connectivity index is 2.57. The number of carbonyl (C=O) groups excluding carboxylic acids is 1. The quantitative estimate of drug-likeness (QED) is 0.655. The van der Waals surface area contributed by atoms with Gasteiger partial charge < -0.3 is 10.5 Å². The highest BCUT2D eigenvalue weighted by Crippen LogP contribution is 2.31. The van der Waals surface area contributed by atoms with E-state index in [0.717, 1.165) is 25.5 Å². The van der Waals surface area contributed by atoms with Crippen molar-refractivity contribution in [1.29, 1.82) is 0 Å². The SMILES string of the molecule is CCC(N)(C=O)C1CCCCC1. The highest BCUT2D eigenvalue weighted by Gasteiger charge is 2.33. The van der Waals surface area contributed by atoms with Gasteiger partial charge in [0, 0.05) is 0 Å². The molecule has 0 spiro atoms. The van der Waals surface area contributed by atoms with E-state index in [-0.39, 0.29) is 0 Å². The van der Waals surface area contributed by atoms with Crippen LogP contribution in [0.4, 0.5) is 0 Å². The standard InChI is InChI=1S/C10H19NO/c1-2-10(11,8-12)9-6-4-3-5-7-9/h8-9H,2-7,11H2,1H3. The minimum atomic E-state index is -0.527. The number of aldehydes is 1. The second kappa shape index (κ2) is 4.04. The maximum atomic E-state index is 10.8. The van der Waals surface area contributed by atoms with Gasteiger partial charge in [0.1, 0.15) is 6.29 Å². The number of hydrogen-bond donors (Lipinski definition) is 1. The first kappa shape index (κ1) is 9.72. The summed E-state index contributed by atoms with van der Waals surface area (Å²) in [6, 6.07) is 0. The first-order chi connectivity index (χ1) is 5.73. The van der Waals surface area contributed by atoms with Crippen molar-refractivity contribution in [1.82, 2.24) is 0 Å². The largest absolute Gasteiger partial charge is 0.319 e. The summed E-state index contributed by atoms with van der Waals surface area (Å²) >= 11 is 0. The van der Waals surface area contributed by atoms with Crippen LogP contribution in [0.25, 0.3) is 0 Å². The van der Waals surface area contributed by atoms with E-state index in [9.17, 15) is 4.79 Å². The van der Waals surface area contributed by atoms with Gasteiger partial charge in [0.05, 0.1) is 5.54 Å². The lowest BCUT2D eigenvalue weighted by atomic mass is 9.75. The van der Waals surface area contributed by atoms with E-state index in [1.54, 1.807) is 0 Å². The maximum absolute atomic E-state index is 10.8. The first-order valence-electron chi connectivity index (χ1n) is 4.98. The van der Waals surface area contributed by atoms with Crippen molar-refractivity contribution in [3.05, 3.63) is 0 Å². The summed E-state index contributed by atoms with van der Waals surface area (Å²) in [5.74, 6) is 0.439. The average molecular weight is 169 g/mol. The van der Waals surface area contributed by atoms with E-state index >= 15 is 0 Å². The molecule has 0 saturated heterocycles. The van der Waals surface area contributed by atoms with Gasteiger partial charge >= 0.3 is 0 Å². The van der Waals surface area contributed by atoms with Crippen LogP contribution in [0.5, 0.6) is 0 Å². The lowest BCUT2D eigenvalue weighted by Crippen LogP contribution is -2.48. The molecule has 0 aliphatic heterocycles. The van der Waals surface area contributed by atoms with E-state index in [2.05, 4.69) is 0 Å². The van der Waals surface area contributed by atoms with Crippen LogP contribution in [0.3, 0.4) is 0 Å². The molecule has 1 fully saturated rings. The van der Waals surface area contributed by atoms with Crippen LogP contribution in [0.1, 0.15) is 45.4 Å². The summed E-state index contributed by atoms with van der Waals surface area (Å²) in [5, 5.41) is 0. The summed E-state index contributed by atoms with van der Waals surface area (Å²) < 4.78 is 0. The molecule has 0 amide bonds. The molecule has 0 heterocycles. The molecule has 2 heteroatoms. The Morgan fingerprint density at radius 3 is 2.42 bits per heavy atom. The summed E-state index contributed by atoms with van der Waals surface area (Å²) in [5.41, 5.74) is 5.48. The van der Waals surface area contributed by atoms with Crippen molar-refractivity contribution in [2.45, 2.75) is 51.0 Å². The fraction of sp³-hybridized carbons (Fsp3) is 0.900. The molecule has 1 aliphatic rings. The van der Waals surface area contributed by atoms with E-state index in [1.165, 1.54) is 19.3 Å². The molecule has 1 rings (SSSR count). The normalized spacial score (nSPS) is 24.8. The molecule has 12 heavy (non-hydrogen) atoms.